The van der Waals surface area contributed by atoms with Crippen molar-refractivity contribution >= 4 is 15.7 Å². The zero-order valence-electron chi connectivity index (χ0n) is 11.7. The van der Waals surface area contributed by atoms with Crippen LogP contribution >= 0.6 is 0 Å². The van der Waals surface area contributed by atoms with Crippen LogP contribution in [0, 0.1) is 13.8 Å². The van der Waals surface area contributed by atoms with Crippen LogP contribution in [-0.4, -0.2) is 15.5 Å². The van der Waals surface area contributed by atoms with Gasteiger partial charge in [-0.1, -0.05) is 6.07 Å². The number of sulfonamides is 1. The second-order valence-electron chi connectivity index (χ2n) is 4.57. The molecule has 20 heavy (non-hydrogen) atoms. The van der Waals surface area contributed by atoms with Crippen molar-refractivity contribution in [2.24, 2.45) is 0 Å². The van der Waals surface area contributed by atoms with E-state index in [4.69, 9.17) is 4.42 Å². The monoisotopic (exact) mass is 294 g/mol. The minimum absolute atomic E-state index is 0.279. The third kappa shape index (κ3) is 3.02. The number of rotatable bonds is 5. The molecule has 0 saturated heterocycles. The maximum atomic E-state index is 11.9. The molecule has 0 bridgehead atoms. The molecule has 0 unspecified atom stereocenters. The fraction of sp³-hybridized carbons (Fsp3) is 0.286. The summed E-state index contributed by atoms with van der Waals surface area (Å²) in [5, 5.41) is 3.17. The molecule has 0 amide bonds. The minimum atomic E-state index is -3.45. The second kappa shape index (κ2) is 5.68. The molecule has 6 heteroatoms. The summed E-state index contributed by atoms with van der Waals surface area (Å²) in [6.45, 7) is 4.25. The minimum Gasteiger partial charge on any atom is -0.467 e. The van der Waals surface area contributed by atoms with E-state index in [0.29, 0.717) is 12.1 Å². The zero-order chi connectivity index (χ0) is 14.8. The number of hydrogen-bond donors (Lipinski definition) is 2. The number of nitrogens with one attached hydrogen (secondary N) is 2. The van der Waals surface area contributed by atoms with E-state index in [1.54, 1.807) is 25.3 Å². The number of aryl methyl sites for hydroxylation is 2. The molecule has 0 aliphatic carbocycles. The number of anilines is 1. The third-order valence-corrected chi connectivity index (χ3v) is 4.72. The van der Waals surface area contributed by atoms with Crippen LogP contribution in [0.3, 0.4) is 0 Å². The van der Waals surface area contributed by atoms with Gasteiger partial charge in [0.05, 0.1) is 17.7 Å². The topological polar surface area (TPSA) is 71.3 Å². The Labute approximate surface area is 119 Å². The molecule has 5 nitrogen and oxygen atoms in total. The Morgan fingerprint density at radius 1 is 1.15 bits per heavy atom. The molecule has 0 spiro atoms. The van der Waals surface area contributed by atoms with Gasteiger partial charge in [-0.05, 0) is 50.2 Å². The summed E-state index contributed by atoms with van der Waals surface area (Å²) >= 11 is 0. The van der Waals surface area contributed by atoms with Gasteiger partial charge in [-0.25, -0.2) is 13.1 Å². The predicted molar refractivity (Wildman–Crippen MR) is 78.2 cm³/mol. The molecule has 108 valence electrons. The van der Waals surface area contributed by atoms with Crippen molar-refractivity contribution in [3.05, 3.63) is 47.4 Å². The molecular formula is C14H18N2O3S. The summed E-state index contributed by atoms with van der Waals surface area (Å²) in [5.74, 6) is 0.837. The zero-order valence-corrected chi connectivity index (χ0v) is 12.5. The quantitative estimate of drug-likeness (QED) is 0.888. The molecule has 2 rings (SSSR count). The van der Waals surface area contributed by atoms with E-state index in [0.717, 1.165) is 17.0 Å². The molecule has 2 aromatic rings. The number of hydrogen-bond acceptors (Lipinski definition) is 4. The fourth-order valence-electron chi connectivity index (χ4n) is 1.88. The Balaban J connectivity index is 2.22. The van der Waals surface area contributed by atoms with Crippen molar-refractivity contribution in [2.45, 2.75) is 25.3 Å². The molecule has 0 aliphatic rings. The van der Waals surface area contributed by atoms with Crippen LogP contribution in [0.4, 0.5) is 5.69 Å². The van der Waals surface area contributed by atoms with E-state index in [-0.39, 0.29) is 4.90 Å². The normalized spacial score (nSPS) is 11.6. The van der Waals surface area contributed by atoms with E-state index < -0.39 is 10.0 Å². The van der Waals surface area contributed by atoms with E-state index in [2.05, 4.69) is 10.0 Å². The first kappa shape index (κ1) is 14.6. The van der Waals surface area contributed by atoms with Gasteiger partial charge in [-0.2, -0.15) is 0 Å². The highest BCUT2D eigenvalue weighted by Gasteiger charge is 2.15. The third-order valence-electron chi connectivity index (χ3n) is 3.17. The van der Waals surface area contributed by atoms with Crippen molar-refractivity contribution in [1.82, 2.24) is 4.72 Å². The van der Waals surface area contributed by atoms with Crippen molar-refractivity contribution in [3.63, 3.8) is 0 Å². The molecule has 1 aromatic heterocycles. The smallest absolute Gasteiger partial charge is 0.240 e. The average molecular weight is 294 g/mol. The molecule has 0 atom stereocenters. The van der Waals surface area contributed by atoms with Crippen molar-refractivity contribution in [3.8, 4) is 0 Å². The number of furan rings is 1. The lowest BCUT2D eigenvalue weighted by atomic mass is 10.2. The molecule has 0 fully saturated rings. The average Bonchev–Trinajstić information content (AvgIpc) is 2.83. The summed E-state index contributed by atoms with van der Waals surface area (Å²) in [6, 6.07) is 7.15. The number of benzene rings is 1. The first-order valence-corrected chi connectivity index (χ1v) is 7.73. The van der Waals surface area contributed by atoms with Crippen LogP contribution in [0.2, 0.25) is 0 Å². The van der Waals surface area contributed by atoms with E-state index in [1.165, 1.54) is 7.05 Å². The van der Waals surface area contributed by atoms with Crippen LogP contribution in [0.1, 0.15) is 16.9 Å². The second-order valence-corrected chi connectivity index (χ2v) is 6.42. The van der Waals surface area contributed by atoms with Crippen molar-refractivity contribution in [1.29, 1.82) is 0 Å². The Hall–Kier alpha value is -1.79. The van der Waals surface area contributed by atoms with Gasteiger partial charge >= 0.3 is 0 Å². The molecule has 2 N–H and O–H groups in total. The molecular weight excluding hydrogens is 276 g/mol. The summed E-state index contributed by atoms with van der Waals surface area (Å²) in [5.41, 5.74) is 2.51. The van der Waals surface area contributed by atoms with Crippen LogP contribution in [-0.2, 0) is 16.6 Å². The fourth-order valence-corrected chi connectivity index (χ4v) is 2.87. The standard InChI is InChI=1S/C14H18N2O3S/c1-10-6-7-19-13(10)9-16-12-5-4-11(2)14(8-12)20(17,18)15-3/h4-8,15-16H,9H2,1-3H3. The van der Waals surface area contributed by atoms with Crippen molar-refractivity contribution in [2.75, 3.05) is 12.4 Å². The highest BCUT2D eigenvalue weighted by molar-refractivity contribution is 7.89. The first-order chi connectivity index (χ1) is 9.44. The van der Waals surface area contributed by atoms with E-state index in [9.17, 15) is 8.42 Å². The van der Waals surface area contributed by atoms with Gasteiger partial charge in [-0.3, -0.25) is 0 Å². The van der Waals surface area contributed by atoms with Crippen LogP contribution in [0.15, 0.2) is 39.8 Å². The maximum Gasteiger partial charge on any atom is 0.240 e. The Morgan fingerprint density at radius 2 is 1.90 bits per heavy atom. The molecule has 0 aliphatic heterocycles. The van der Waals surface area contributed by atoms with Gasteiger partial charge < -0.3 is 9.73 Å². The van der Waals surface area contributed by atoms with Gasteiger partial charge in [0, 0.05) is 5.69 Å². The summed E-state index contributed by atoms with van der Waals surface area (Å²) < 4.78 is 31.5. The summed E-state index contributed by atoms with van der Waals surface area (Å²) in [6.07, 6.45) is 1.64. The molecule has 0 radical (unpaired) electrons. The summed E-state index contributed by atoms with van der Waals surface area (Å²) in [4.78, 5) is 0.279. The van der Waals surface area contributed by atoms with Gasteiger partial charge in [0.2, 0.25) is 10.0 Å². The van der Waals surface area contributed by atoms with Crippen LogP contribution < -0.4 is 10.0 Å². The summed E-state index contributed by atoms with van der Waals surface area (Å²) in [7, 11) is -2.04. The van der Waals surface area contributed by atoms with Gasteiger partial charge in [0.25, 0.3) is 0 Å². The van der Waals surface area contributed by atoms with E-state index in [1.807, 2.05) is 19.1 Å². The van der Waals surface area contributed by atoms with Crippen LogP contribution in [0.25, 0.3) is 0 Å². The largest absolute Gasteiger partial charge is 0.467 e. The van der Waals surface area contributed by atoms with Gasteiger partial charge in [0.15, 0.2) is 0 Å². The lowest BCUT2D eigenvalue weighted by Gasteiger charge is -2.10. The molecule has 1 heterocycles. The SMILES string of the molecule is CNS(=O)(=O)c1cc(NCc2occc2C)ccc1C. The predicted octanol–water partition coefficient (Wildman–Crippen LogP) is 2.42. The van der Waals surface area contributed by atoms with Crippen LogP contribution in [0.5, 0.6) is 0 Å². The van der Waals surface area contributed by atoms with Gasteiger partial charge in [0.1, 0.15) is 5.76 Å². The molecule has 1 aromatic carbocycles. The van der Waals surface area contributed by atoms with Gasteiger partial charge in [-0.15, -0.1) is 0 Å². The lowest BCUT2D eigenvalue weighted by molar-refractivity contribution is 0.515. The Morgan fingerprint density at radius 3 is 2.50 bits per heavy atom. The highest BCUT2D eigenvalue weighted by Crippen LogP contribution is 2.21. The van der Waals surface area contributed by atoms with E-state index >= 15 is 0 Å². The highest BCUT2D eigenvalue weighted by atomic mass is 32.2. The first-order valence-electron chi connectivity index (χ1n) is 6.25. The lowest BCUT2D eigenvalue weighted by Crippen LogP contribution is -2.19. The Kier molecular flexibility index (Phi) is 4.15. The maximum absolute atomic E-state index is 11.9. The molecule has 0 saturated carbocycles. The van der Waals surface area contributed by atoms with Crippen molar-refractivity contribution < 1.29 is 12.8 Å². The Bertz CT molecular complexity index is 705.